The summed E-state index contributed by atoms with van der Waals surface area (Å²) in [4.78, 5) is 15.8. The molecule has 3 heterocycles. The van der Waals surface area contributed by atoms with Crippen molar-refractivity contribution in [3.05, 3.63) is 192 Å². The first-order valence-electron chi connectivity index (χ1n) is 18.7. The Hall–Kier alpha value is -6.85. The Morgan fingerprint density at radius 1 is 0.709 bits per heavy atom. The fourth-order valence-corrected chi connectivity index (χ4v) is 7.82. The van der Waals surface area contributed by atoms with E-state index in [2.05, 4.69) is 111 Å². The van der Waals surface area contributed by atoms with Crippen molar-refractivity contribution in [1.82, 2.24) is 15.0 Å². The third kappa shape index (κ3) is 6.14. The molecule has 266 valence electrons. The van der Waals surface area contributed by atoms with Crippen LogP contribution in [0.5, 0.6) is 0 Å². The van der Waals surface area contributed by atoms with Gasteiger partial charge in [-0.05, 0) is 60.7 Å². The van der Waals surface area contributed by atoms with E-state index in [0.717, 1.165) is 78.5 Å². The molecule has 1 aliphatic rings. The predicted molar refractivity (Wildman–Crippen MR) is 226 cm³/mol. The number of allylic oxidation sites excluding steroid dienone is 6. The summed E-state index contributed by atoms with van der Waals surface area (Å²) in [6, 6.07) is 39.2. The lowest BCUT2D eigenvalue weighted by molar-refractivity contribution is 0.596. The predicted octanol–water partition coefficient (Wildman–Crippen LogP) is 13.0. The normalized spacial score (nSPS) is 15.9. The summed E-state index contributed by atoms with van der Waals surface area (Å²) in [5, 5.41) is 3.04. The molecule has 3 aromatic heterocycles. The van der Waals surface area contributed by atoms with E-state index < -0.39 is 0 Å². The minimum Gasteiger partial charge on any atom is -0.456 e. The molecule has 0 aliphatic heterocycles. The van der Waals surface area contributed by atoms with Gasteiger partial charge < -0.3 is 8.83 Å². The van der Waals surface area contributed by atoms with Crippen molar-refractivity contribution in [3.63, 3.8) is 0 Å². The van der Waals surface area contributed by atoms with Gasteiger partial charge in [-0.15, -0.1) is 0 Å². The highest BCUT2D eigenvalue weighted by Crippen LogP contribution is 2.43. The Labute approximate surface area is 320 Å². The van der Waals surface area contributed by atoms with E-state index in [-0.39, 0.29) is 5.41 Å². The Bertz CT molecular complexity index is 2870. The second kappa shape index (κ2) is 14.2. The van der Waals surface area contributed by atoms with E-state index in [1.807, 2.05) is 73.7 Å². The van der Waals surface area contributed by atoms with Crippen molar-refractivity contribution in [2.75, 3.05) is 0 Å². The van der Waals surface area contributed by atoms with Crippen LogP contribution in [0.15, 0.2) is 167 Å². The minimum absolute atomic E-state index is 0.177. The third-order valence-corrected chi connectivity index (χ3v) is 10.6. The van der Waals surface area contributed by atoms with E-state index in [1.54, 1.807) is 0 Å². The maximum absolute atomic E-state index is 6.44. The second-order valence-corrected chi connectivity index (χ2v) is 14.1. The number of rotatable bonds is 9. The molecule has 5 aromatic carbocycles. The molecule has 1 atom stereocenters. The first-order chi connectivity index (χ1) is 27.0. The Morgan fingerprint density at radius 2 is 1.42 bits per heavy atom. The van der Waals surface area contributed by atoms with Crippen LogP contribution in [0.3, 0.4) is 0 Å². The monoisotopic (exact) mass is 713 g/mol. The number of furan rings is 2. The van der Waals surface area contributed by atoms with Crippen molar-refractivity contribution in [1.29, 1.82) is 0 Å². The molecule has 55 heavy (non-hydrogen) atoms. The van der Waals surface area contributed by atoms with Gasteiger partial charge in [-0.1, -0.05) is 153 Å². The highest BCUT2D eigenvalue weighted by atomic mass is 16.3. The van der Waals surface area contributed by atoms with Crippen molar-refractivity contribution in [2.45, 2.75) is 32.1 Å². The Balaban J connectivity index is 1.24. The van der Waals surface area contributed by atoms with Crippen LogP contribution in [-0.2, 0) is 11.8 Å². The lowest BCUT2D eigenvalue weighted by atomic mass is 9.71. The smallest absolute Gasteiger partial charge is 0.165 e. The van der Waals surface area contributed by atoms with Gasteiger partial charge in [-0.25, -0.2) is 15.0 Å². The van der Waals surface area contributed by atoms with Crippen LogP contribution in [0.2, 0.25) is 0 Å². The lowest BCUT2D eigenvalue weighted by Crippen LogP contribution is -2.24. The van der Waals surface area contributed by atoms with E-state index in [0.29, 0.717) is 23.9 Å². The molecule has 0 amide bonds. The highest BCUT2D eigenvalue weighted by molar-refractivity contribution is 6.12. The number of nitrogens with zero attached hydrogens (tertiary/aromatic N) is 3. The fraction of sp³-hybridized carbons (Fsp3) is 0.100. The van der Waals surface area contributed by atoms with Gasteiger partial charge in [-0.2, -0.15) is 0 Å². The minimum atomic E-state index is -0.177. The maximum Gasteiger partial charge on any atom is 0.165 e. The Kier molecular flexibility index (Phi) is 8.75. The number of para-hydroxylation sites is 2. The van der Waals surface area contributed by atoms with Crippen molar-refractivity contribution in [2.24, 2.45) is 0 Å². The van der Waals surface area contributed by atoms with Gasteiger partial charge in [0.2, 0.25) is 0 Å². The number of aromatic nitrogens is 3. The summed E-state index contributed by atoms with van der Waals surface area (Å²) >= 11 is 0. The van der Waals surface area contributed by atoms with Crippen LogP contribution in [0.1, 0.15) is 54.1 Å². The summed E-state index contributed by atoms with van der Waals surface area (Å²) in [5.74, 6) is 2.63. The molecule has 5 heteroatoms. The van der Waals surface area contributed by atoms with Crippen molar-refractivity contribution < 1.29 is 8.83 Å². The molecule has 0 saturated carbocycles. The molecular formula is C50H39N3O2. The van der Waals surface area contributed by atoms with Crippen molar-refractivity contribution in [3.8, 4) is 22.8 Å². The summed E-state index contributed by atoms with van der Waals surface area (Å²) in [6.07, 6.45) is 18.3. The zero-order valence-electron chi connectivity index (χ0n) is 30.9. The first-order valence-corrected chi connectivity index (χ1v) is 18.7. The van der Waals surface area contributed by atoms with Crippen LogP contribution in [0.25, 0.3) is 73.4 Å². The van der Waals surface area contributed by atoms with Gasteiger partial charge in [0, 0.05) is 43.8 Å². The van der Waals surface area contributed by atoms with Crippen LogP contribution < -0.4 is 0 Å². The van der Waals surface area contributed by atoms with Crippen LogP contribution in [0.4, 0.5) is 0 Å². The van der Waals surface area contributed by atoms with Gasteiger partial charge in [0.1, 0.15) is 22.5 Å². The summed E-state index contributed by atoms with van der Waals surface area (Å²) in [6.45, 7) is 8.40. The number of hydrogen-bond acceptors (Lipinski definition) is 5. The molecule has 5 nitrogen and oxygen atoms in total. The maximum atomic E-state index is 6.44. The van der Waals surface area contributed by atoms with Gasteiger partial charge in [0.05, 0.1) is 0 Å². The molecule has 0 spiro atoms. The van der Waals surface area contributed by atoms with Gasteiger partial charge in [0.15, 0.2) is 17.5 Å². The molecule has 9 rings (SSSR count). The molecule has 0 fully saturated rings. The average molecular weight is 714 g/mol. The van der Waals surface area contributed by atoms with E-state index in [9.17, 15) is 0 Å². The van der Waals surface area contributed by atoms with E-state index >= 15 is 0 Å². The molecule has 8 aromatic rings. The van der Waals surface area contributed by atoms with Crippen LogP contribution >= 0.6 is 0 Å². The van der Waals surface area contributed by atoms with Gasteiger partial charge in [0.25, 0.3) is 0 Å². The molecular weight excluding hydrogens is 675 g/mol. The molecule has 0 radical (unpaired) electrons. The largest absolute Gasteiger partial charge is 0.456 e. The summed E-state index contributed by atoms with van der Waals surface area (Å²) in [7, 11) is 0. The van der Waals surface area contributed by atoms with Crippen LogP contribution in [0, 0.1) is 0 Å². The SMILES string of the molecule is C=Cc1c(/C=C\Cc2ccc3oc4ccccc4c3c2-c2nc(C3=CCC(C)(/C=C\C=C/C)c4ccccc43)nc(-c3ccccc3)n2)oc2ccccc12. The zero-order chi connectivity index (χ0) is 37.4. The molecule has 1 unspecified atom stereocenters. The highest BCUT2D eigenvalue weighted by Gasteiger charge is 2.32. The van der Waals surface area contributed by atoms with E-state index in [1.165, 1.54) is 5.56 Å². The molecule has 1 aliphatic carbocycles. The Morgan fingerprint density at radius 3 is 2.24 bits per heavy atom. The molecule has 0 saturated heterocycles. The third-order valence-electron chi connectivity index (χ3n) is 10.6. The number of fused-ring (bicyclic) bond motifs is 5. The van der Waals surface area contributed by atoms with Gasteiger partial charge in [-0.3, -0.25) is 0 Å². The first kappa shape index (κ1) is 34.0. The van der Waals surface area contributed by atoms with Gasteiger partial charge >= 0.3 is 0 Å². The molecule has 0 N–H and O–H groups in total. The summed E-state index contributed by atoms with van der Waals surface area (Å²) < 4.78 is 12.7. The standard InChI is InChI=1S/C50H39N3O2/c1-4-6-16-31-50(3)32-30-38(36-21-10-13-24-40(36)50)48-51-47(34-18-8-7-9-19-34)52-49(53-48)45-33(28-29-44-46(45)39-23-12-15-26-43(39)55-44)20-17-27-41-35(5-2)37-22-11-14-25-42(37)54-41/h4-19,21-31H,2,20,32H2,1,3H3/b6-4-,27-17-,31-16-. The van der Waals surface area contributed by atoms with E-state index in [4.69, 9.17) is 23.8 Å². The number of hydrogen-bond donors (Lipinski definition) is 0. The summed E-state index contributed by atoms with van der Waals surface area (Å²) in [5.41, 5.74) is 9.50. The quantitative estimate of drug-likeness (QED) is 0.139. The fourth-order valence-electron chi connectivity index (χ4n) is 7.82. The lowest BCUT2D eigenvalue weighted by Gasteiger charge is -2.32. The average Bonchev–Trinajstić information content (AvgIpc) is 3.79. The van der Waals surface area contributed by atoms with Crippen molar-refractivity contribution >= 4 is 50.6 Å². The topological polar surface area (TPSA) is 65.0 Å². The van der Waals surface area contributed by atoms with Crippen LogP contribution in [-0.4, -0.2) is 15.0 Å². The zero-order valence-corrected chi connectivity index (χ0v) is 30.9. The number of benzene rings is 5. The molecule has 0 bridgehead atoms. The second-order valence-electron chi connectivity index (χ2n) is 14.1.